The van der Waals surface area contributed by atoms with E-state index in [0.717, 1.165) is 19.3 Å². The van der Waals surface area contributed by atoms with Gasteiger partial charge in [0.15, 0.2) is 11.5 Å². The van der Waals surface area contributed by atoms with Crippen molar-refractivity contribution in [3.63, 3.8) is 0 Å². The van der Waals surface area contributed by atoms with Gasteiger partial charge in [0.25, 0.3) is 0 Å². The number of carbonyl (C=O) groups is 1. The zero-order valence-electron chi connectivity index (χ0n) is 12.8. The molecule has 5 nitrogen and oxygen atoms in total. The van der Waals surface area contributed by atoms with Crippen LogP contribution in [0.2, 0.25) is 5.02 Å². The Labute approximate surface area is 141 Å². The molecule has 2 aliphatic rings. The van der Waals surface area contributed by atoms with E-state index in [9.17, 15) is 18.0 Å². The number of halogens is 4. The lowest BCUT2D eigenvalue weighted by molar-refractivity contribution is -0.318. The average molecular weight is 365 g/mol. The van der Waals surface area contributed by atoms with Gasteiger partial charge in [0.05, 0.1) is 0 Å². The minimum Gasteiger partial charge on any atom is -0.424 e. The summed E-state index contributed by atoms with van der Waals surface area (Å²) in [7, 11) is 0. The van der Waals surface area contributed by atoms with Gasteiger partial charge in [-0.25, -0.2) is 4.79 Å². The van der Waals surface area contributed by atoms with E-state index in [1.165, 1.54) is 23.1 Å². The zero-order chi connectivity index (χ0) is 17.5. The summed E-state index contributed by atoms with van der Waals surface area (Å²) in [5.74, 6) is -3.57. The molecular formula is C15H16ClF3N2O3. The maximum Gasteiger partial charge on any atom is 0.492 e. The van der Waals surface area contributed by atoms with Gasteiger partial charge in [-0.1, -0.05) is 11.6 Å². The van der Waals surface area contributed by atoms with Crippen molar-refractivity contribution in [2.75, 3.05) is 6.54 Å². The van der Waals surface area contributed by atoms with Gasteiger partial charge in [0.2, 0.25) is 0 Å². The molecule has 1 aromatic rings. The van der Waals surface area contributed by atoms with Crippen LogP contribution in [0, 0.1) is 0 Å². The first-order valence-corrected chi connectivity index (χ1v) is 7.93. The van der Waals surface area contributed by atoms with Crippen LogP contribution < -0.4 is 14.8 Å². The van der Waals surface area contributed by atoms with Gasteiger partial charge < -0.3 is 14.4 Å². The number of hydrogen-bond donors (Lipinski definition) is 1. The van der Waals surface area contributed by atoms with Crippen LogP contribution in [0.4, 0.5) is 18.0 Å². The molecule has 132 valence electrons. The van der Waals surface area contributed by atoms with Crippen LogP contribution in [0.15, 0.2) is 18.2 Å². The van der Waals surface area contributed by atoms with Gasteiger partial charge >= 0.3 is 18.1 Å². The molecule has 0 radical (unpaired) electrons. The third kappa shape index (κ3) is 2.94. The van der Waals surface area contributed by atoms with Gasteiger partial charge in [-0.15, -0.1) is 0 Å². The molecule has 0 aromatic heterocycles. The smallest absolute Gasteiger partial charge is 0.424 e. The highest BCUT2D eigenvalue weighted by atomic mass is 35.5. The Morgan fingerprint density at radius 1 is 1.33 bits per heavy atom. The number of carbonyl (C=O) groups excluding carboxylic acids is 1. The van der Waals surface area contributed by atoms with Gasteiger partial charge in [-0.05, 0) is 38.3 Å². The molecule has 2 amide bonds. The number of urea groups is 1. The predicted molar refractivity (Wildman–Crippen MR) is 80.0 cm³/mol. The Bertz CT molecular complexity index is 655. The summed E-state index contributed by atoms with van der Waals surface area (Å²) in [6, 6.07) is 2.83. The first-order chi connectivity index (χ1) is 11.2. The van der Waals surface area contributed by atoms with Crippen LogP contribution in [0.5, 0.6) is 11.5 Å². The first-order valence-electron chi connectivity index (χ1n) is 7.55. The van der Waals surface area contributed by atoms with E-state index in [4.69, 9.17) is 21.1 Å². The van der Waals surface area contributed by atoms with E-state index in [-0.39, 0.29) is 22.6 Å². The molecule has 0 aliphatic carbocycles. The molecule has 1 aromatic carbocycles. The number of alkyl halides is 3. The molecular weight excluding hydrogens is 349 g/mol. The lowest BCUT2D eigenvalue weighted by atomic mass is 10.0. The second-order valence-electron chi connectivity index (χ2n) is 5.88. The number of piperidine rings is 1. The van der Waals surface area contributed by atoms with Crippen molar-refractivity contribution in [2.45, 2.75) is 44.3 Å². The van der Waals surface area contributed by atoms with Crippen molar-refractivity contribution in [1.29, 1.82) is 0 Å². The Morgan fingerprint density at radius 2 is 2.04 bits per heavy atom. The molecule has 2 atom stereocenters. The Morgan fingerprint density at radius 3 is 2.71 bits per heavy atom. The van der Waals surface area contributed by atoms with Crippen molar-refractivity contribution in [1.82, 2.24) is 10.2 Å². The molecule has 24 heavy (non-hydrogen) atoms. The summed E-state index contributed by atoms with van der Waals surface area (Å²) in [6.07, 6.45) is -2.56. The summed E-state index contributed by atoms with van der Waals surface area (Å²) >= 11 is 5.76. The van der Waals surface area contributed by atoms with Crippen LogP contribution in [0.3, 0.4) is 0 Å². The largest absolute Gasteiger partial charge is 0.492 e. The van der Waals surface area contributed by atoms with E-state index in [2.05, 4.69) is 0 Å². The van der Waals surface area contributed by atoms with E-state index in [1.807, 2.05) is 5.32 Å². The quantitative estimate of drug-likeness (QED) is 0.822. The molecule has 3 rings (SSSR count). The van der Waals surface area contributed by atoms with E-state index in [0.29, 0.717) is 6.54 Å². The molecule has 1 fully saturated rings. The molecule has 9 heteroatoms. The van der Waals surface area contributed by atoms with Crippen LogP contribution >= 0.6 is 11.6 Å². The summed E-state index contributed by atoms with van der Waals surface area (Å²) in [5, 5.41) is 2.07. The molecule has 0 bridgehead atoms. The average Bonchev–Trinajstić information content (AvgIpc) is 2.85. The van der Waals surface area contributed by atoms with Crippen LogP contribution in [0.1, 0.15) is 26.2 Å². The highest BCUT2D eigenvalue weighted by molar-refractivity contribution is 6.30. The maximum atomic E-state index is 13.6. The van der Waals surface area contributed by atoms with Crippen molar-refractivity contribution < 1.29 is 27.4 Å². The number of hydrogen-bond acceptors (Lipinski definition) is 3. The Hall–Kier alpha value is -1.83. The molecule has 0 unspecified atom stereocenters. The van der Waals surface area contributed by atoms with E-state index in [1.54, 1.807) is 6.92 Å². The van der Waals surface area contributed by atoms with E-state index >= 15 is 0 Å². The number of nitrogens with one attached hydrogen (secondary N) is 1. The standard InChI is InChI=1S/C15H16ClF3N2O3/c1-9-4-2-3-7-21(9)13(22)20-15(14(17,18)19)23-11-6-5-10(16)8-12(11)24-15/h5-6,8-9H,2-4,7H2,1H3,(H,20,22)/t9-,15+/m1/s1. The number of ether oxygens (including phenoxy) is 2. The van der Waals surface area contributed by atoms with Gasteiger partial charge in [-0.2, -0.15) is 13.2 Å². The number of likely N-dealkylation sites (tertiary alicyclic amines) is 1. The van der Waals surface area contributed by atoms with Crippen LogP contribution in [-0.4, -0.2) is 35.6 Å². The SMILES string of the molecule is C[C@@H]1CCCCN1C(=O)N[C@@]1(C(F)(F)F)Oc2ccc(Cl)cc2O1. The summed E-state index contributed by atoms with van der Waals surface area (Å²) < 4.78 is 50.7. The predicted octanol–water partition coefficient (Wildman–Crippen LogP) is 3.91. The van der Waals surface area contributed by atoms with Gasteiger partial charge in [0.1, 0.15) is 0 Å². The minimum atomic E-state index is -4.98. The third-order valence-corrected chi connectivity index (χ3v) is 4.36. The zero-order valence-corrected chi connectivity index (χ0v) is 13.6. The highest BCUT2D eigenvalue weighted by Crippen LogP contribution is 2.46. The lowest BCUT2D eigenvalue weighted by Crippen LogP contribution is -2.67. The Kier molecular flexibility index (Phi) is 4.19. The summed E-state index contributed by atoms with van der Waals surface area (Å²) in [6.45, 7) is 2.18. The van der Waals surface area contributed by atoms with Gasteiger partial charge in [0, 0.05) is 23.7 Å². The molecule has 1 N–H and O–H groups in total. The Balaban J connectivity index is 1.85. The molecule has 2 aliphatic heterocycles. The van der Waals surface area contributed by atoms with Crippen LogP contribution in [-0.2, 0) is 0 Å². The third-order valence-electron chi connectivity index (χ3n) is 4.12. The highest BCUT2D eigenvalue weighted by Gasteiger charge is 2.66. The number of nitrogens with zero attached hydrogens (tertiary/aromatic N) is 1. The number of fused-ring (bicyclic) bond motifs is 1. The fraction of sp³-hybridized carbons (Fsp3) is 0.533. The van der Waals surface area contributed by atoms with Crippen molar-refractivity contribution in [3.05, 3.63) is 23.2 Å². The van der Waals surface area contributed by atoms with Crippen LogP contribution in [0.25, 0.3) is 0 Å². The number of amides is 2. The summed E-state index contributed by atoms with van der Waals surface area (Å²) in [4.78, 5) is 13.7. The summed E-state index contributed by atoms with van der Waals surface area (Å²) in [5.41, 5.74) is 0. The second-order valence-corrected chi connectivity index (χ2v) is 6.31. The number of benzene rings is 1. The fourth-order valence-corrected chi connectivity index (χ4v) is 2.99. The molecule has 2 heterocycles. The van der Waals surface area contributed by atoms with Gasteiger partial charge in [-0.3, -0.25) is 5.32 Å². The first kappa shape index (κ1) is 17.0. The topological polar surface area (TPSA) is 50.8 Å². The molecule has 1 saturated heterocycles. The van der Waals surface area contributed by atoms with Crippen molar-refractivity contribution in [2.24, 2.45) is 0 Å². The van der Waals surface area contributed by atoms with Crippen molar-refractivity contribution in [3.8, 4) is 11.5 Å². The van der Waals surface area contributed by atoms with E-state index < -0.39 is 18.1 Å². The molecule has 0 spiro atoms. The normalized spacial score (nSPS) is 26.4. The maximum absolute atomic E-state index is 13.6. The molecule has 0 saturated carbocycles. The number of rotatable bonds is 1. The monoisotopic (exact) mass is 364 g/mol. The fourth-order valence-electron chi connectivity index (χ4n) is 2.83. The lowest BCUT2D eigenvalue weighted by Gasteiger charge is -2.37. The minimum absolute atomic E-state index is 0.135. The second kappa shape index (κ2) is 5.91. The van der Waals surface area contributed by atoms with Crippen molar-refractivity contribution >= 4 is 17.6 Å².